The number of H-pyrrole nitrogens is 1. The van der Waals surface area contributed by atoms with E-state index < -0.39 is 4.92 Å². The highest BCUT2D eigenvalue weighted by Crippen LogP contribution is 2.42. The Bertz CT molecular complexity index is 619. The van der Waals surface area contributed by atoms with Gasteiger partial charge in [0, 0.05) is 10.0 Å². The highest BCUT2D eigenvalue weighted by molar-refractivity contribution is 6.44. The van der Waals surface area contributed by atoms with Crippen molar-refractivity contribution in [3.8, 4) is 11.1 Å². The van der Waals surface area contributed by atoms with Crippen molar-refractivity contribution in [2.45, 2.75) is 0 Å². The summed E-state index contributed by atoms with van der Waals surface area (Å²) in [7, 11) is 0. The summed E-state index contributed by atoms with van der Waals surface area (Å²) in [6.07, 6.45) is 0. The minimum absolute atomic E-state index is 0.00513. The molecule has 94 valence electrons. The molecule has 0 saturated heterocycles. The topological polar surface area (TPSA) is 58.9 Å². The zero-order valence-corrected chi connectivity index (χ0v) is 11.5. The normalized spacial score (nSPS) is 10.7. The van der Waals surface area contributed by atoms with Gasteiger partial charge in [-0.3, -0.25) is 0 Å². The number of aromatic amines is 1. The van der Waals surface area contributed by atoms with Crippen LogP contribution >= 0.6 is 46.4 Å². The highest BCUT2D eigenvalue weighted by atomic mass is 35.5. The van der Waals surface area contributed by atoms with Crippen molar-refractivity contribution in [2.75, 3.05) is 0 Å². The Kier molecular flexibility index (Phi) is 3.73. The number of halogens is 4. The summed E-state index contributed by atoms with van der Waals surface area (Å²) in [6, 6.07) is 4.55. The minimum Gasteiger partial charge on any atom is -0.358 e. The fourth-order valence-corrected chi connectivity index (χ4v) is 2.49. The summed E-state index contributed by atoms with van der Waals surface area (Å²) in [5, 5.41) is 11.7. The van der Waals surface area contributed by atoms with E-state index in [1.807, 2.05) is 0 Å². The number of benzene rings is 1. The van der Waals surface area contributed by atoms with E-state index in [9.17, 15) is 10.1 Å². The van der Waals surface area contributed by atoms with Crippen LogP contribution in [0.15, 0.2) is 18.2 Å². The van der Waals surface area contributed by atoms with E-state index in [4.69, 9.17) is 46.4 Å². The lowest BCUT2D eigenvalue weighted by Gasteiger charge is -2.02. The molecule has 0 bridgehead atoms. The van der Waals surface area contributed by atoms with Crippen molar-refractivity contribution >= 4 is 52.2 Å². The molecule has 2 aromatic rings. The predicted molar refractivity (Wildman–Crippen MR) is 72.9 cm³/mol. The number of nitrogens with zero attached hydrogens (tertiary/aromatic N) is 1. The van der Waals surface area contributed by atoms with E-state index in [0.29, 0.717) is 15.6 Å². The van der Waals surface area contributed by atoms with Crippen molar-refractivity contribution < 1.29 is 4.92 Å². The van der Waals surface area contributed by atoms with E-state index in [0.717, 1.165) is 0 Å². The van der Waals surface area contributed by atoms with Gasteiger partial charge in [-0.25, -0.2) is 4.98 Å². The average molecular weight is 326 g/mol. The molecule has 0 radical (unpaired) electrons. The summed E-state index contributed by atoms with van der Waals surface area (Å²) in [6.45, 7) is 0. The fourth-order valence-electron chi connectivity index (χ4n) is 1.53. The van der Waals surface area contributed by atoms with Crippen LogP contribution in [0.4, 0.5) is 5.82 Å². The van der Waals surface area contributed by atoms with Crippen LogP contribution in [0.3, 0.4) is 0 Å². The summed E-state index contributed by atoms with van der Waals surface area (Å²) in [4.78, 5) is 12.7. The molecule has 0 unspecified atom stereocenters. The molecule has 1 aromatic heterocycles. The molecule has 8 heteroatoms. The maximum atomic E-state index is 10.9. The Morgan fingerprint density at radius 1 is 1.06 bits per heavy atom. The molecule has 1 N–H and O–H groups in total. The van der Waals surface area contributed by atoms with Gasteiger partial charge in [-0.2, -0.15) is 0 Å². The lowest BCUT2D eigenvalue weighted by atomic mass is 10.1. The lowest BCUT2D eigenvalue weighted by molar-refractivity contribution is -0.388. The number of nitro groups is 1. The summed E-state index contributed by atoms with van der Waals surface area (Å²) in [5.41, 5.74) is 0.586. The molecule has 0 atom stereocenters. The van der Waals surface area contributed by atoms with Crippen molar-refractivity contribution in [1.82, 2.24) is 4.98 Å². The van der Waals surface area contributed by atoms with Crippen molar-refractivity contribution in [3.63, 3.8) is 0 Å². The maximum absolute atomic E-state index is 10.9. The molecule has 2 rings (SSSR count). The maximum Gasteiger partial charge on any atom is 0.331 e. The van der Waals surface area contributed by atoms with Gasteiger partial charge < -0.3 is 10.1 Å². The molecular formula is C10H4Cl4N2O2. The van der Waals surface area contributed by atoms with Crippen LogP contribution < -0.4 is 0 Å². The third kappa shape index (κ3) is 2.42. The highest BCUT2D eigenvalue weighted by Gasteiger charge is 2.25. The Balaban J connectivity index is 2.73. The van der Waals surface area contributed by atoms with E-state index in [2.05, 4.69) is 4.98 Å². The Morgan fingerprint density at radius 2 is 1.61 bits per heavy atom. The standard InChI is InChI=1S/C10H4Cl4N2O2/c11-5-1-4(2-6(12)3-5)7-8(13)9(14)15-10(7)16(17)18/h1-3,15H. The van der Waals surface area contributed by atoms with Gasteiger partial charge >= 0.3 is 5.82 Å². The first-order valence-corrected chi connectivity index (χ1v) is 6.09. The zero-order chi connectivity index (χ0) is 13.4. The molecule has 0 saturated carbocycles. The van der Waals surface area contributed by atoms with Crippen LogP contribution in [0.1, 0.15) is 0 Å². The first-order chi connectivity index (χ1) is 8.40. The van der Waals surface area contributed by atoms with Gasteiger partial charge in [0.1, 0.15) is 5.02 Å². The molecule has 0 aliphatic rings. The quantitative estimate of drug-likeness (QED) is 0.609. The van der Waals surface area contributed by atoms with Gasteiger partial charge in [0.2, 0.25) is 5.15 Å². The first kappa shape index (κ1) is 13.5. The van der Waals surface area contributed by atoms with Crippen molar-refractivity contribution in [2.24, 2.45) is 0 Å². The van der Waals surface area contributed by atoms with Gasteiger partial charge in [0.05, 0.1) is 5.56 Å². The van der Waals surface area contributed by atoms with Crippen molar-refractivity contribution in [3.05, 3.63) is 48.5 Å². The van der Waals surface area contributed by atoms with Gasteiger partial charge in [-0.15, -0.1) is 0 Å². The molecule has 0 fully saturated rings. The largest absolute Gasteiger partial charge is 0.358 e. The third-order valence-corrected chi connectivity index (χ3v) is 3.41. The third-order valence-electron chi connectivity index (χ3n) is 2.21. The van der Waals surface area contributed by atoms with Gasteiger partial charge in [0.25, 0.3) is 0 Å². The molecule has 4 nitrogen and oxygen atoms in total. The van der Waals surface area contributed by atoms with Crippen LogP contribution in [0, 0.1) is 10.1 Å². The number of hydrogen-bond donors (Lipinski definition) is 1. The van der Waals surface area contributed by atoms with Gasteiger partial charge in [0.15, 0.2) is 0 Å². The van der Waals surface area contributed by atoms with Crippen LogP contribution in [0.5, 0.6) is 0 Å². The molecule has 0 aliphatic heterocycles. The van der Waals surface area contributed by atoms with Crippen molar-refractivity contribution in [1.29, 1.82) is 0 Å². The van der Waals surface area contributed by atoms with E-state index in [1.165, 1.54) is 18.2 Å². The molecular weight excluding hydrogens is 322 g/mol. The molecule has 1 aromatic carbocycles. The van der Waals surface area contributed by atoms with Crippen LogP contribution in [-0.4, -0.2) is 9.91 Å². The van der Waals surface area contributed by atoms with Gasteiger partial charge in [-0.1, -0.05) is 34.8 Å². The van der Waals surface area contributed by atoms with Gasteiger partial charge in [-0.05, 0) is 40.3 Å². The number of aromatic nitrogens is 1. The molecule has 0 spiro atoms. The first-order valence-electron chi connectivity index (χ1n) is 4.58. The molecule has 0 aliphatic carbocycles. The van der Waals surface area contributed by atoms with Crippen LogP contribution in [0.2, 0.25) is 20.2 Å². The minimum atomic E-state index is -0.609. The lowest BCUT2D eigenvalue weighted by Crippen LogP contribution is -1.90. The predicted octanol–water partition coefficient (Wildman–Crippen LogP) is 5.20. The summed E-state index contributed by atoms with van der Waals surface area (Å²) >= 11 is 23.4. The second kappa shape index (κ2) is 4.97. The smallest absolute Gasteiger partial charge is 0.331 e. The Labute approximate surface area is 122 Å². The number of nitrogens with one attached hydrogen (secondary N) is 1. The van der Waals surface area contributed by atoms with E-state index >= 15 is 0 Å². The molecule has 1 heterocycles. The second-order valence-electron chi connectivity index (χ2n) is 3.39. The number of rotatable bonds is 2. The summed E-state index contributed by atoms with van der Waals surface area (Å²) in [5.74, 6) is -0.302. The zero-order valence-electron chi connectivity index (χ0n) is 8.51. The van der Waals surface area contributed by atoms with Crippen LogP contribution in [0.25, 0.3) is 11.1 Å². The number of hydrogen-bond acceptors (Lipinski definition) is 2. The SMILES string of the molecule is O=[N+]([O-])c1[nH]c(Cl)c(Cl)c1-c1cc(Cl)cc(Cl)c1. The van der Waals surface area contributed by atoms with Crippen LogP contribution in [-0.2, 0) is 0 Å². The second-order valence-corrected chi connectivity index (χ2v) is 5.02. The monoisotopic (exact) mass is 324 g/mol. The average Bonchev–Trinajstić information content (AvgIpc) is 2.54. The van der Waals surface area contributed by atoms with E-state index in [1.54, 1.807) is 0 Å². The molecule has 0 amide bonds. The molecule has 18 heavy (non-hydrogen) atoms. The van der Waals surface area contributed by atoms with E-state index in [-0.39, 0.29) is 21.6 Å². The Hall–Kier alpha value is -0.940. The Morgan fingerprint density at radius 3 is 2.11 bits per heavy atom. The fraction of sp³-hybridized carbons (Fsp3) is 0. The summed E-state index contributed by atoms with van der Waals surface area (Å²) < 4.78 is 0.